The van der Waals surface area contributed by atoms with Crippen LogP contribution in [0.2, 0.25) is 5.02 Å². The number of hydrogen-bond donors (Lipinski definition) is 2. The molecule has 156 valence electrons. The maximum atomic E-state index is 13.3. The largest absolute Gasteiger partial charge is 0.482 e. The van der Waals surface area contributed by atoms with Gasteiger partial charge in [-0.3, -0.25) is 4.79 Å². The van der Waals surface area contributed by atoms with Crippen LogP contribution < -0.4 is 14.4 Å². The van der Waals surface area contributed by atoms with Crippen molar-refractivity contribution in [2.24, 2.45) is 5.92 Å². The average molecular weight is 440 g/mol. The molecule has 2 heterocycles. The van der Waals surface area contributed by atoms with Crippen molar-refractivity contribution in [2.75, 3.05) is 22.8 Å². The fraction of sp³-hybridized carbons (Fsp3) is 0.368. The van der Waals surface area contributed by atoms with Gasteiger partial charge in [0.15, 0.2) is 11.6 Å². The predicted octanol–water partition coefficient (Wildman–Crippen LogP) is 2.67. The number of rotatable bonds is 6. The molecule has 2 aromatic rings. The third kappa shape index (κ3) is 4.47. The Labute approximate surface area is 174 Å². The highest BCUT2D eigenvalue weighted by atomic mass is 35.5. The van der Waals surface area contributed by atoms with Gasteiger partial charge in [0, 0.05) is 10.9 Å². The van der Waals surface area contributed by atoms with Gasteiger partial charge in [0.05, 0.1) is 18.0 Å². The number of nitrogens with one attached hydrogen (secondary N) is 1. The minimum absolute atomic E-state index is 0.00890. The molecule has 0 spiro atoms. The molecule has 0 saturated carbocycles. The van der Waals surface area contributed by atoms with Gasteiger partial charge in [-0.25, -0.2) is 17.7 Å². The van der Waals surface area contributed by atoms with E-state index >= 15 is 0 Å². The number of ether oxygens (including phenoxy) is 1. The van der Waals surface area contributed by atoms with Gasteiger partial charge in [0.2, 0.25) is 5.91 Å². The van der Waals surface area contributed by atoms with E-state index in [1.165, 1.54) is 30.3 Å². The summed E-state index contributed by atoms with van der Waals surface area (Å²) in [5.41, 5.74) is 0. The molecule has 1 aromatic heterocycles. The monoisotopic (exact) mass is 439 g/mol. The average Bonchev–Trinajstić information content (AvgIpc) is 2.72. The number of pyridine rings is 1. The van der Waals surface area contributed by atoms with E-state index in [1.54, 1.807) is 13.0 Å². The number of amides is 1. The van der Waals surface area contributed by atoms with Gasteiger partial charge >= 0.3 is 0 Å². The number of anilines is 2. The Morgan fingerprint density at radius 2 is 2.17 bits per heavy atom. The zero-order valence-electron chi connectivity index (χ0n) is 16.0. The third-order valence-electron chi connectivity index (χ3n) is 4.64. The number of carbonyl (C=O) groups excluding carboxylic acids is 1. The number of nitrogens with zero attached hydrogens (tertiary/aromatic N) is 2. The second kappa shape index (κ2) is 8.56. The van der Waals surface area contributed by atoms with Crippen molar-refractivity contribution < 1.29 is 23.1 Å². The molecule has 1 aromatic carbocycles. The van der Waals surface area contributed by atoms with Crippen LogP contribution in [-0.2, 0) is 14.8 Å². The van der Waals surface area contributed by atoms with Gasteiger partial charge in [-0.05, 0) is 36.8 Å². The lowest BCUT2D eigenvalue weighted by Gasteiger charge is -2.34. The summed E-state index contributed by atoms with van der Waals surface area (Å²) in [4.78, 5) is 16.5. The predicted molar refractivity (Wildman–Crippen MR) is 110 cm³/mol. The molecule has 3 rings (SSSR count). The molecule has 0 aliphatic carbocycles. The van der Waals surface area contributed by atoms with E-state index in [9.17, 15) is 18.3 Å². The zero-order chi connectivity index (χ0) is 21.2. The van der Waals surface area contributed by atoms with Crippen LogP contribution >= 0.6 is 11.6 Å². The molecule has 0 bridgehead atoms. The van der Waals surface area contributed by atoms with Gasteiger partial charge in [-0.1, -0.05) is 31.5 Å². The van der Waals surface area contributed by atoms with E-state index in [1.807, 2.05) is 6.92 Å². The summed E-state index contributed by atoms with van der Waals surface area (Å²) in [6.07, 6.45) is -0.0910. The van der Waals surface area contributed by atoms with E-state index in [4.69, 9.17) is 16.3 Å². The van der Waals surface area contributed by atoms with E-state index < -0.39 is 16.1 Å². The lowest BCUT2D eigenvalue weighted by Crippen LogP contribution is -2.45. The minimum Gasteiger partial charge on any atom is -0.482 e. The highest BCUT2D eigenvalue weighted by molar-refractivity contribution is 7.92. The maximum Gasteiger partial charge on any atom is 0.265 e. The number of benzene rings is 1. The fourth-order valence-electron chi connectivity index (χ4n) is 2.76. The van der Waals surface area contributed by atoms with Crippen molar-refractivity contribution >= 4 is 39.2 Å². The number of halogens is 1. The summed E-state index contributed by atoms with van der Waals surface area (Å²) >= 11 is 5.96. The van der Waals surface area contributed by atoms with Gasteiger partial charge < -0.3 is 15.2 Å². The van der Waals surface area contributed by atoms with E-state index in [0.29, 0.717) is 6.42 Å². The van der Waals surface area contributed by atoms with Crippen LogP contribution in [0.3, 0.4) is 0 Å². The van der Waals surface area contributed by atoms with Crippen molar-refractivity contribution in [2.45, 2.75) is 31.3 Å². The molecular formula is C19H22ClN3O5S. The quantitative estimate of drug-likeness (QED) is 0.716. The van der Waals surface area contributed by atoms with Crippen molar-refractivity contribution in [3.05, 3.63) is 41.4 Å². The molecule has 1 amide bonds. The Hall–Kier alpha value is -2.36. The molecule has 0 saturated heterocycles. The van der Waals surface area contributed by atoms with Crippen LogP contribution in [0.25, 0.3) is 0 Å². The number of sulfonamides is 1. The molecule has 29 heavy (non-hydrogen) atoms. The number of aliphatic hydroxyl groups is 1. The second-order valence-corrected chi connectivity index (χ2v) is 9.03. The van der Waals surface area contributed by atoms with Crippen LogP contribution in [-0.4, -0.2) is 43.7 Å². The molecule has 0 radical (unpaired) electrons. The Kier molecular flexibility index (Phi) is 6.30. The number of aromatic nitrogens is 1. The number of fused-ring (bicyclic) bond motifs is 1. The molecule has 2 atom stereocenters. The maximum absolute atomic E-state index is 13.3. The van der Waals surface area contributed by atoms with Gasteiger partial charge in [-0.2, -0.15) is 0 Å². The summed E-state index contributed by atoms with van der Waals surface area (Å²) in [5.74, 6) is 0.0220. The standard InChI is InChI=1S/C19H22ClN3O5S/c1-3-12(2)19(25)22-17-8-7-16-18(21-17)23(10-14(11-24)28-16)29(26,27)15-6-4-5-13(20)9-15/h4-9,12,14,24H,3,10-11H2,1-2H3,(H,21,22,25). The summed E-state index contributed by atoms with van der Waals surface area (Å²) < 4.78 is 33.2. The van der Waals surface area contributed by atoms with Crippen molar-refractivity contribution in [3.63, 3.8) is 0 Å². The van der Waals surface area contributed by atoms with Crippen LogP contribution in [0.15, 0.2) is 41.3 Å². The molecule has 0 fully saturated rings. The SMILES string of the molecule is CCC(C)C(=O)Nc1ccc2c(n1)N(S(=O)(=O)c1cccc(Cl)c1)CC(CO)O2. The topological polar surface area (TPSA) is 109 Å². The molecule has 1 aliphatic rings. The van der Waals surface area contributed by atoms with Crippen LogP contribution in [0, 0.1) is 5.92 Å². The first kappa shape index (κ1) is 21.4. The summed E-state index contributed by atoms with van der Waals surface area (Å²) in [7, 11) is -4.02. The normalized spacial score (nSPS) is 17.2. The number of aliphatic hydroxyl groups excluding tert-OH is 1. The molecule has 2 unspecified atom stereocenters. The lowest BCUT2D eigenvalue weighted by atomic mass is 10.1. The van der Waals surface area contributed by atoms with E-state index in [0.717, 1.165) is 4.31 Å². The molecule has 10 heteroatoms. The summed E-state index contributed by atoms with van der Waals surface area (Å²) in [6.45, 7) is 3.19. The van der Waals surface area contributed by atoms with E-state index in [2.05, 4.69) is 10.3 Å². The van der Waals surface area contributed by atoms with Crippen LogP contribution in [0.5, 0.6) is 5.75 Å². The molecule has 2 N–H and O–H groups in total. The molecule has 8 nitrogen and oxygen atoms in total. The first-order valence-electron chi connectivity index (χ1n) is 9.14. The minimum atomic E-state index is -4.02. The summed E-state index contributed by atoms with van der Waals surface area (Å²) in [6, 6.07) is 8.94. The Morgan fingerprint density at radius 3 is 2.83 bits per heavy atom. The number of hydrogen-bond acceptors (Lipinski definition) is 6. The highest BCUT2D eigenvalue weighted by Gasteiger charge is 2.36. The van der Waals surface area contributed by atoms with E-state index in [-0.39, 0.29) is 52.3 Å². The first-order chi connectivity index (χ1) is 13.8. The molecule has 1 aliphatic heterocycles. The highest BCUT2D eigenvalue weighted by Crippen LogP contribution is 2.36. The van der Waals surface area contributed by atoms with Crippen molar-refractivity contribution in [1.29, 1.82) is 0 Å². The Balaban J connectivity index is 2.03. The smallest absolute Gasteiger partial charge is 0.265 e. The molecular weight excluding hydrogens is 418 g/mol. The van der Waals surface area contributed by atoms with Crippen molar-refractivity contribution in [1.82, 2.24) is 4.98 Å². The van der Waals surface area contributed by atoms with Crippen molar-refractivity contribution in [3.8, 4) is 5.75 Å². The Bertz CT molecular complexity index is 1010. The number of carbonyl (C=O) groups is 1. The third-order valence-corrected chi connectivity index (χ3v) is 6.62. The second-order valence-electron chi connectivity index (χ2n) is 6.73. The van der Waals surface area contributed by atoms with Crippen LogP contribution in [0.4, 0.5) is 11.6 Å². The summed E-state index contributed by atoms with van der Waals surface area (Å²) in [5, 5.41) is 12.5. The van der Waals surface area contributed by atoms with Gasteiger partial charge in [-0.15, -0.1) is 0 Å². The fourth-order valence-corrected chi connectivity index (χ4v) is 4.52. The van der Waals surface area contributed by atoms with Gasteiger partial charge in [0.25, 0.3) is 10.0 Å². The first-order valence-corrected chi connectivity index (χ1v) is 11.0. The Morgan fingerprint density at radius 1 is 1.41 bits per heavy atom. The lowest BCUT2D eigenvalue weighted by molar-refractivity contribution is -0.119. The van der Waals surface area contributed by atoms with Gasteiger partial charge in [0.1, 0.15) is 11.9 Å². The zero-order valence-corrected chi connectivity index (χ0v) is 17.6. The van der Waals surface area contributed by atoms with Crippen LogP contribution in [0.1, 0.15) is 20.3 Å².